The van der Waals surface area contributed by atoms with Gasteiger partial charge in [-0.3, -0.25) is 10.1 Å². The molecule has 0 aliphatic carbocycles. The van der Waals surface area contributed by atoms with E-state index in [1.807, 2.05) is 0 Å². The van der Waals surface area contributed by atoms with Crippen LogP contribution in [0.5, 0.6) is 0 Å². The molecule has 0 aliphatic rings. The van der Waals surface area contributed by atoms with Gasteiger partial charge in [0.05, 0.1) is 25.3 Å². The van der Waals surface area contributed by atoms with Crippen LogP contribution >= 0.6 is 11.3 Å². The van der Waals surface area contributed by atoms with Gasteiger partial charge in [0.2, 0.25) is 0 Å². The Morgan fingerprint density at radius 3 is 2.12 bits per heavy atom. The van der Waals surface area contributed by atoms with Gasteiger partial charge in [0, 0.05) is 39.3 Å². The van der Waals surface area contributed by atoms with Crippen LogP contribution in [0.1, 0.15) is 23.2 Å². The number of rotatable bonds is 11. The van der Waals surface area contributed by atoms with Crippen LogP contribution in [0.25, 0.3) is 10.2 Å². The maximum Gasteiger partial charge on any atom is 0.257 e. The van der Waals surface area contributed by atoms with Crippen molar-refractivity contribution in [3.05, 3.63) is 48.0 Å². The number of fused-ring (bicyclic) bond motifs is 1. The van der Waals surface area contributed by atoms with Crippen LogP contribution in [-0.2, 0) is 29.1 Å². The summed E-state index contributed by atoms with van der Waals surface area (Å²) in [4.78, 5) is 17.3. The predicted molar refractivity (Wildman–Crippen MR) is 131 cm³/mol. The van der Waals surface area contributed by atoms with E-state index >= 15 is 0 Å². The van der Waals surface area contributed by atoms with Gasteiger partial charge in [0.1, 0.15) is 0 Å². The molecule has 9 nitrogen and oxygen atoms in total. The third-order valence-corrected chi connectivity index (χ3v) is 9.50. The van der Waals surface area contributed by atoms with Crippen molar-refractivity contribution >= 4 is 52.3 Å². The molecule has 34 heavy (non-hydrogen) atoms. The Hall–Kier alpha value is -2.38. The number of hydrogen-bond donors (Lipinski definition) is 1. The third kappa shape index (κ3) is 6.19. The lowest BCUT2D eigenvalue weighted by molar-refractivity contribution is 0.102. The molecule has 0 saturated heterocycles. The van der Waals surface area contributed by atoms with Gasteiger partial charge in [0.15, 0.2) is 24.8 Å². The molecular weight excluding hydrogens is 500 g/mol. The van der Waals surface area contributed by atoms with E-state index in [4.69, 9.17) is 9.47 Å². The normalized spacial score (nSPS) is 12.4. The molecule has 0 aliphatic heterocycles. The first-order chi connectivity index (χ1) is 16.1. The van der Waals surface area contributed by atoms with Gasteiger partial charge in [-0.05, 0) is 55.3 Å². The molecule has 1 N–H and O–H groups in total. The summed E-state index contributed by atoms with van der Waals surface area (Å²) in [5, 5.41) is 2.33. The number of carbonyl (C=O) groups is 1. The summed E-state index contributed by atoms with van der Waals surface area (Å²) < 4.78 is 60.3. The number of hydrogen-bond acceptors (Lipinski definition) is 9. The monoisotopic (exact) mass is 526 g/mol. The van der Waals surface area contributed by atoms with E-state index in [1.54, 1.807) is 6.07 Å². The molecule has 184 valence electrons. The Labute approximate surface area is 203 Å². The summed E-state index contributed by atoms with van der Waals surface area (Å²) in [6.45, 7) is 0.615. The highest BCUT2D eigenvalue weighted by Gasteiger charge is 2.27. The van der Waals surface area contributed by atoms with E-state index in [2.05, 4.69) is 10.3 Å². The molecule has 3 aromatic rings. The molecule has 1 aromatic heterocycles. The number of thiazole rings is 1. The quantitative estimate of drug-likeness (QED) is 0.403. The van der Waals surface area contributed by atoms with Crippen molar-refractivity contribution in [2.45, 2.75) is 27.9 Å². The van der Waals surface area contributed by atoms with E-state index in [0.717, 1.165) is 17.6 Å². The molecule has 0 fully saturated rings. The molecule has 0 bridgehead atoms. The second-order valence-electron chi connectivity index (χ2n) is 7.63. The zero-order chi connectivity index (χ0) is 24.9. The number of nitrogens with one attached hydrogen (secondary N) is 1. The third-order valence-electron chi connectivity index (χ3n) is 5.18. The van der Waals surface area contributed by atoms with Crippen molar-refractivity contribution in [3.63, 3.8) is 0 Å². The van der Waals surface area contributed by atoms with Crippen molar-refractivity contribution < 1.29 is 31.1 Å². The van der Waals surface area contributed by atoms with Crippen LogP contribution in [0.15, 0.2) is 52.3 Å². The zero-order valence-corrected chi connectivity index (χ0v) is 21.4. The molecule has 0 saturated carbocycles. The predicted octanol–water partition coefficient (Wildman–Crippen LogP) is 3.17. The lowest BCUT2D eigenvalue weighted by Gasteiger charge is -2.17. The van der Waals surface area contributed by atoms with Crippen molar-refractivity contribution in [2.24, 2.45) is 0 Å². The number of anilines is 1. The van der Waals surface area contributed by atoms with Gasteiger partial charge in [-0.1, -0.05) is 11.3 Å². The minimum atomic E-state index is -3.63. The first-order valence-electron chi connectivity index (χ1n) is 10.3. The molecule has 2 aromatic carbocycles. The number of aromatic nitrogens is 1. The second kappa shape index (κ2) is 10.9. The maximum atomic E-state index is 13.1. The summed E-state index contributed by atoms with van der Waals surface area (Å²) in [6, 6.07) is 10.3. The average Bonchev–Trinajstić information content (AvgIpc) is 3.20. The first-order valence-corrected chi connectivity index (χ1v) is 14.6. The zero-order valence-electron chi connectivity index (χ0n) is 19.0. The van der Waals surface area contributed by atoms with Gasteiger partial charge in [-0.25, -0.2) is 21.8 Å². The Morgan fingerprint density at radius 2 is 1.56 bits per heavy atom. The van der Waals surface area contributed by atoms with Crippen LogP contribution in [0, 0.1) is 0 Å². The first kappa shape index (κ1) is 26.2. The van der Waals surface area contributed by atoms with Crippen LogP contribution in [0.4, 0.5) is 5.13 Å². The Kier molecular flexibility index (Phi) is 8.42. The van der Waals surface area contributed by atoms with Crippen molar-refractivity contribution in [1.29, 1.82) is 0 Å². The molecule has 0 spiro atoms. The molecule has 1 amide bonds. The highest BCUT2D eigenvalue weighted by molar-refractivity contribution is 7.92. The number of nitrogens with zero attached hydrogens (tertiary/aromatic N) is 1. The Morgan fingerprint density at radius 1 is 0.971 bits per heavy atom. The molecule has 3 rings (SSSR count). The molecule has 0 radical (unpaired) electrons. The van der Waals surface area contributed by atoms with Crippen molar-refractivity contribution in [1.82, 2.24) is 4.98 Å². The fraction of sp³-hybridized carbons (Fsp3) is 0.364. The van der Waals surface area contributed by atoms with E-state index in [0.29, 0.717) is 41.4 Å². The largest absolute Gasteiger partial charge is 0.385 e. The summed E-state index contributed by atoms with van der Waals surface area (Å²) in [5.41, 5.74) is 0.827. The van der Waals surface area contributed by atoms with Crippen molar-refractivity contribution in [3.8, 4) is 0 Å². The van der Waals surface area contributed by atoms with Crippen LogP contribution in [0.3, 0.4) is 0 Å². The minimum Gasteiger partial charge on any atom is -0.385 e. The van der Waals surface area contributed by atoms with Gasteiger partial charge in [-0.15, -0.1) is 0 Å². The van der Waals surface area contributed by atoms with Crippen LogP contribution < -0.4 is 5.32 Å². The molecule has 12 heteroatoms. The lowest BCUT2D eigenvalue weighted by atomic mass is 10.2. The van der Waals surface area contributed by atoms with E-state index in [-0.39, 0.29) is 15.4 Å². The van der Waals surface area contributed by atoms with Crippen LogP contribution in [0.2, 0.25) is 0 Å². The highest BCUT2D eigenvalue weighted by Crippen LogP contribution is 2.29. The lowest BCUT2D eigenvalue weighted by Crippen LogP contribution is -2.25. The summed E-state index contributed by atoms with van der Waals surface area (Å²) in [6.07, 6.45) is 1.80. The minimum absolute atomic E-state index is 0.120. The average molecular weight is 527 g/mol. The summed E-state index contributed by atoms with van der Waals surface area (Å²) in [7, 11) is -3.95. The van der Waals surface area contributed by atoms with Gasteiger partial charge < -0.3 is 9.47 Å². The second-order valence-corrected chi connectivity index (χ2v) is 12.9. The molecular formula is C22H26N2O7S3. The van der Waals surface area contributed by atoms with Gasteiger partial charge in [0.25, 0.3) is 5.91 Å². The number of ether oxygens (including phenoxy) is 2. The fourth-order valence-electron chi connectivity index (χ4n) is 3.30. The van der Waals surface area contributed by atoms with Crippen LogP contribution in [-0.4, -0.2) is 66.7 Å². The van der Waals surface area contributed by atoms with E-state index in [1.165, 1.54) is 50.6 Å². The topological polar surface area (TPSA) is 129 Å². The highest BCUT2D eigenvalue weighted by atomic mass is 32.2. The molecule has 0 unspecified atom stereocenters. The summed E-state index contributed by atoms with van der Waals surface area (Å²) in [5.74, 6) is -0.457. The van der Waals surface area contributed by atoms with E-state index in [9.17, 15) is 21.6 Å². The number of benzene rings is 2. The molecule has 0 atom stereocenters. The maximum absolute atomic E-state index is 13.1. The number of methoxy groups -OCH3 is 2. The van der Waals surface area contributed by atoms with Gasteiger partial charge in [-0.2, -0.15) is 0 Å². The Bertz CT molecular complexity index is 1360. The standard InChI is InChI=1S/C22H26N2O7S3/c1-30-12-10-17(11-13-31-2)34(28,29)16-6-4-15(5-7-16)21(25)24-22-23-19-9-8-18(33(3,26)27)14-20(19)32-22/h4-9,14,17H,10-13H2,1-3H3,(H,23,24,25). The number of carbonyl (C=O) groups excluding carboxylic acids is 1. The summed E-state index contributed by atoms with van der Waals surface area (Å²) >= 11 is 1.15. The smallest absolute Gasteiger partial charge is 0.257 e. The molecule has 1 heterocycles. The van der Waals surface area contributed by atoms with E-state index < -0.39 is 30.8 Å². The SMILES string of the molecule is COCCC(CCOC)S(=O)(=O)c1ccc(C(=O)Nc2nc3ccc(S(C)(=O)=O)cc3s2)cc1. The fourth-order valence-corrected chi connectivity index (χ4v) is 6.64. The van der Waals surface area contributed by atoms with Gasteiger partial charge >= 0.3 is 0 Å². The van der Waals surface area contributed by atoms with Crippen molar-refractivity contribution in [2.75, 3.05) is 39.0 Å². The number of amides is 1. The Balaban J connectivity index is 1.76. The number of sulfone groups is 2.